The van der Waals surface area contributed by atoms with Crippen molar-refractivity contribution in [2.24, 2.45) is 4.99 Å². The minimum atomic E-state index is -0.718. The molecule has 2 aliphatic heterocycles. The molecule has 0 saturated heterocycles. The molecule has 2 amide bonds. The second-order valence-electron chi connectivity index (χ2n) is 5.62. The van der Waals surface area contributed by atoms with Crippen molar-refractivity contribution >= 4 is 29.3 Å². The highest BCUT2D eigenvalue weighted by Gasteiger charge is 2.36. The van der Waals surface area contributed by atoms with Gasteiger partial charge in [0, 0.05) is 6.54 Å². The Morgan fingerprint density at radius 2 is 2.08 bits per heavy atom. The van der Waals surface area contributed by atoms with Crippen LogP contribution in [0, 0.1) is 0 Å². The van der Waals surface area contributed by atoms with Crippen molar-refractivity contribution < 1.29 is 24.2 Å². The van der Waals surface area contributed by atoms with Crippen molar-refractivity contribution in [3.63, 3.8) is 0 Å². The SMILES string of the molecule is COc1ccc(CCNC(=O)C2=C(O)C3SC=CC3=NC2=O)cc1OC. The number of rotatable bonds is 6. The Morgan fingerprint density at radius 1 is 1.31 bits per heavy atom. The highest BCUT2D eigenvalue weighted by molar-refractivity contribution is 8.04. The van der Waals surface area contributed by atoms with Crippen molar-refractivity contribution in [1.29, 1.82) is 0 Å². The molecule has 3 rings (SSSR count). The van der Waals surface area contributed by atoms with Gasteiger partial charge < -0.3 is 19.9 Å². The normalized spacial score (nSPS) is 18.5. The number of benzene rings is 1. The molecule has 1 aromatic rings. The molecule has 0 aliphatic carbocycles. The molecule has 136 valence electrons. The number of aliphatic hydroxyl groups excluding tert-OH is 1. The summed E-state index contributed by atoms with van der Waals surface area (Å²) >= 11 is 1.31. The lowest BCUT2D eigenvalue weighted by Crippen LogP contribution is -2.35. The largest absolute Gasteiger partial charge is 0.510 e. The van der Waals surface area contributed by atoms with E-state index in [1.807, 2.05) is 12.1 Å². The lowest BCUT2D eigenvalue weighted by Gasteiger charge is -2.18. The lowest BCUT2D eigenvalue weighted by molar-refractivity contribution is -0.122. The number of methoxy groups -OCH3 is 2. The number of fused-ring (bicyclic) bond motifs is 1. The van der Waals surface area contributed by atoms with E-state index in [9.17, 15) is 14.7 Å². The summed E-state index contributed by atoms with van der Waals surface area (Å²) in [5, 5.41) is 14.2. The topological polar surface area (TPSA) is 97.2 Å². The van der Waals surface area contributed by atoms with Crippen LogP contribution in [-0.2, 0) is 16.0 Å². The van der Waals surface area contributed by atoms with Gasteiger partial charge in [-0.05, 0) is 35.6 Å². The maximum Gasteiger partial charge on any atom is 0.286 e. The van der Waals surface area contributed by atoms with Crippen molar-refractivity contribution in [2.75, 3.05) is 20.8 Å². The molecular weight excluding hydrogens is 356 g/mol. The Kier molecular flexibility index (Phi) is 5.32. The first-order chi connectivity index (χ1) is 12.5. The predicted octanol–water partition coefficient (Wildman–Crippen LogP) is 1.78. The van der Waals surface area contributed by atoms with Gasteiger partial charge in [-0.3, -0.25) is 9.59 Å². The third-order valence-electron chi connectivity index (χ3n) is 4.05. The Hall–Kier alpha value is -2.74. The zero-order chi connectivity index (χ0) is 18.7. The summed E-state index contributed by atoms with van der Waals surface area (Å²) in [6.07, 6.45) is 2.19. The molecule has 1 aromatic carbocycles. The molecule has 2 N–H and O–H groups in total. The second kappa shape index (κ2) is 7.65. The van der Waals surface area contributed by atoms with E-state index in [4.69, 9.17) is 9.47 Å². The summed E-state index contributed by atoms with van der Waals surface area (Å²) in [6, 6.07) is 5.48. The van der Waals surface area contributed by atoms with Crippen LogP contribution in [0.4, 0.5) is 0 Å². The van der Waals surface area contributed by atoms with Gasteiger partial charge in [0.05, 0.1) is 19.9 Å². The number of allylic oxidation sites excluding steroid dienone is 1. The minimum Gasteiger partial charge on any atom is -0.510 e. The van der Waals surface area contributed by atoms with E-state index in [0.29, 0.717) is 30.2 Å². The van der Waals surface area contributed by atoms with Gasteiger partial charge in [-0.2, -0.15) is 0 Å². The molecule has 0 aromatic heterocycles. The van der Waals surface area contributed by atoms with Gasteiger partial charge in [0.25, 0.3) is 11.8 Å². The van der Waals surface area contributed by atoms with Crippen LogP contribution < -0.4 is 14.8 Å². The molecule has 1 unspecified atom stereocenters. The fourth-order valence-corrected chi connectivity index (χ4v) is 3.61. The smallest absolute Gasteiger partial charge is 0.286 e. The van der Waals surface area contributed by atoms with Crippen LogP contribution >= 0.6 is 11.8 Å². The molecule has 2 aliphatic rings. The first-order valence-electron chi connectivity index (χ1n) is 7.92. The molecule has 0 bridgehead atoms. The van der Waals surface area contributed by atoms with Gasteiger partial charge in [-0.15, -0.1) is 11.8 Å². The molecule has 1 atom stereocenters. The van der Waals surface area contributed by atoms with Crippen LogP contribution in [0.2, 0.25) is 0 Å². The minimum absolute atomic E-state index is 0.237. The number of amides is 2. The highest BCUT2D eigenvalue weighted by atomic mass is 32.2. The summed E-state index contributed by atoms with van der Waals surface area (Å²) < 4.78 is 10.4. The summed E-state index contributed by atoms with van der Waals surface area (Å²) in [6.45, 7) is 0.297. The van der Waals surface area contributed by atoms with Crippen molar-refractivity contribution in [2.45, 2.75) is 11.7 Å². The number of carbonyl (C=O) groups excluding carboxylic acids is 2. The van der Waals surface area contributed by atoms with Crippen LogP contribution in [0.5, 0.6) is 11.5 Å². The fourth-order valence-electron chi connectivity index (χ4n) is 2.72. The Bertz CT molecular complexity index is 844. The van der Waals surface area contributed by atoms with Crippen LogP contribution in [0.3, 0.4) is 0 Å². The molecule has 2 heterocycles. The quantitative estimate of drug-likeness (QED) is 0.737. The highest BCUT2D eigenvalue weighted by Crippen LogP contribution is 2.32. The van der Waals surface area contributed by atoms with Crippen LogP contribution in [0.25, 0.3) is 0 Å². The maximum atomic E-state index is 12.3. The van der Waals surface area contributed by atoms with Crippen LogP contribution in [0.15, 0.2) is 46.0 Å². The number of aliphatic hydroxyl groups is 1. The van der Waals surface area contributed by atoms with E-state index in [-0.39, 0.29) is 11.3 Å². The predicted molar refractivity (Wildman–Crippen MR) is 98.9 cm³/mol. The van der Waals surface area contributed by atoms with Crippen LogP contribution in [0.1, 0.15) is 5.56 Å². The monoisotopic (exact) mass is 374 g/mol. The molecule has 0 radical (unpaired) electrons. The maximum absolute atomic E-state index is 12.3. The van der Waals surface area contributed by atoms with E-state index in [1.54, 1.807) is 31.8 Å². The number of thioether (sulfide) groups is 1. The number of aliphatic imine (C=N–C) groups is 1. The Labute approximate surface area is 154 Å². The molecule has 0 spiro atoms. The van der Waals surface area contributed by atoms with E-state index >= 15 is 0 Å². The van der Waals surface area contributed by atoms with Crippen molar-refractivity contribution in [1.82, 2.24) is 5.32 Å². The molecule has 8 heteroatoms. The molecule has 7 nitrogen and oxygen atoms in total. The van der Waals surface area contributed by atoms with E-state index in [2.05, 4.69) is 10.3 Å². The summed E-state index contributed by atoms with van der Waals surface area (Å²) in [5.41, 5.74) is 1.12. The summed E-state index contributed by atoms with van der Waals surface area (Å²) in [5.74, 6) is -0.349. The number of nitrogens with one attached hydrogen (secondary N) is 1. The molecule has 0 fully saturated rings. The zero-order valence-corrected chi connectivity index (χ0v) is 15.1. The van der Waals surface area contributed by atoms with E-state index in [1.165, 1.54) is 11.8 Å². The first kappa shape index (κ1) is 18.1. The van der Waals surface area contributed by atoms with E-state index in [0.717, 1.165) is 5.56 Å². The Balaban J connectivity index is 1.63. The summed E-state index contributed by atoms with van der Waals surface area (Å²) in [4.78, 5) is 28.2. The molecular formula is C18H18N2O5S. The fraction of sp³-hybridized carbons (Fsp3) is 0.278. The third kappa shape index (κ3) is 3.45. The van der Waals surface area contributed by atoms with Gasteiger partial charge in [-0.1, -0.05) is 6.07 Å². The van der Waals surface area contributed by atoms with Gasteiger partial charge in [0.1, 0.15) is 16.6 Å². The van der Waals surface area contributed by atoms with Gasteiger partial charge in [0.15, 0.2) is 11.5 Å². The van der Waals surface area contributed by atoms with Gasteiger partial charge in [0.2, 0.25) is 0 Å². The number of hydrogen-bond acceptors (Lipinski definition) is 6. The number of dihydropyridines is 1. The number of nitrogens with zero attached hydrogens (tertiary/aromatic N) is 1. The average Bonchev–Trinajstić information content (AvgIpc) is 3.10. The van der Waals surface area contributed by atoms with Gasteiger partial charge in [-0.25, -0.2) is 4.99 Å². The average molecular weight is 374 g/mol. The number of hydrogen-bond donors (Lipinski definition) is 2. The number of carbonyl (C=O) groups is 2. The lowest BCUT2D eigenvalue weighted by atomic mass is 10.0. The standard InChI is InChI=1S/C18H18N2O5S/c1-24-12-4-3-10(9-13(12)25-2)5-7-19-17(22)14-15(21)16-11(6-8-26-16)20-18(14)23/h3-4,6,8-9,16,21H,5,7H2,1-2H3,(H,19,22). The number of ether oxygens (including phenoxy) is 2. The van der Waals surface area contributed by atoms with Crippen LogP contribution in [-0.4, -0.2) is 48.6 Å². The second-order valence-corrected chi connectivity index (χ2v) is 6.63. The van der Waals surface area contributed by atoms with Gasteiger partial charge >= 0.3 is 0 Å². The molecule has 26 heavy (non-hydrogen) atoms. The Morgan fingerprint density at radius 3 is 2.81 bits per heavy atom. The van der Waals surface area contributed by atoms with E-state index < -0.39 is 17.1 Å². The zero-order valence-electron chi connectivity index (χ0n) is 14.3. The van der Waals surface area contributed by atoms with Crippen molar-refractivity contribution in [3.05, 3.63) is 46.6 Å². The first-order valence-corrected chi connectivity index (χ1v) is 8.86. The third-order valence-corrected chi connectivity index (χ3v) is 5.08. The molecule has 0 saturated carbocycles. The summed E-state index contributed by atoms with van der Waals surface area (Å²) in [7, 11) is 3.11. The van der Waals surface area contributed by atoms with Crippen molar-refractivity contribution in [3.8, 4) is 11.5 Å².